The van der Waals surface area contributed by atoms with Gasteiger partial charge in [-0.25, -0.2) is 10.8 Å². The Kier molecular flexibility index (Phi) is 6.76. The van der Waals surface area contributed by atoms with Crippen molar-refractivity contribution >= 4 is 5.96 Å². The third kappa shape index (κ3) is 5.88. The summed E-state index contributed by atoms with van der Waals surface area (Å²) in [6.07, 6.45) is 2.41. The standard InChI is InChI=1S/C10H19N5O2/c1-2-16-6-3-5-12-10(14-11)13-8-9-4-7-17-15-9/h4,7H,2-3,5-6,8,11H2,1H3,(H2,12,13,14). The second kappa shape index (κ2) is 8.54. The SMILES string of the molecule is CCOCCCNC(=NCc1ccon1)NN. The first kappa shape index (κ1) is 13.5. The Labute approximate surface area is 100 Å². The van der Waals surface area contributed by atoms with E-state index in [4.69, 9.17) is 15.1 Å². The van der Waals surface area contributed by atoms with Crippen molar-refractivity contribution in [2.45, 2.75) is 19.9 Å². The quantitative estimate of drug-likeness (QED) is 0.204. The number of nitrogens with zero attached hydrogens (tertiary/aromatic N) is 2. The summed E-state index contributed by atoms with van der Waals surface area (Å²) < 4.78 is 9.91. The van der Waals surface area contributed by atoms with Crippen LogP contribution < -0.4 is 16.6 Å². The Hall–Kier alpha value is -1.60. The molecule has 1 aromatic heterocycles. The van der Waals surface area contributed by atoms with Crippen LogP contribution in [-0.2, 0) is 11.3 Å². The lowest BCUT2D eigenvalue weighted by molar-refractivity contribution is 0.145. The molecule has 1 aromatic rings. The number of ether oxygens (including phenoxy) is 1. The molecule has 7 nitrogen and oxygen atoms in total. The lowest BCUT2D eigenvalue weighted by atomic mass is 10.4. The number of hydrazine groups is 1. The topological polar surface area (TPSA) is 97.7 Å². The monoisotopic (exact) mass is 241 g/mol. The lowest BCUT2D eigenvalue weighted by Crippen LogP contribution is -2.42. The molecule has 4 N–H and O–H groups in total. The summed E-state index contributed by atoms with van der Waals surface area (Å²) in [4.78, 5) is 4.21. The molecule has 0 aliphatic carbocycles. The zero-order valence-electron chi connectivity index (χ0n) is 9.98. The van der Waals surface area contributed by atoms with Crippen LogP contribution in [0.2, 0.25) is 0 Å². The van der Waals surface area contributed by atoms with Crippen molar-refractivity contribution in [1.82, 2.24) is 15.9 Å². The molecule has 0 fully saturated rings. The predicted octanol–water partition coefficient (Wildman–Crippen LogP) is 0.0101. The average Bonchev–Trinajstić information content (AvgIpc) is 2.86. The second-order valence-corrected chi connectivity index (χ2v) is 3.28. The van der Waals surface area contributed by atoms with E-state index in [9.17, 15) is 0 Å². The van der Waals surface area contributed by atoms with Crippen LogP contribution in [0, 0.1) is 0 Å². The third-order valence-corrected chi connectivity index (χ3v) is 1.99. The number of aromatic nitrogens is 1. The van der Waals surface area contributed by atoms with Gasteiger partial charge in [0.1, 0.15) is 12.0 Å². The molecule has 1 rings (SSSR count). The Morgan fingerprint density at radius 2 is 2.53 bits per heavy atom. The molecule has 1 heterocycles. The Morgan fingerprint density at radius 3 is 3.18 bits per heavy atom. The summed E-state index contributed by atoms with van der Waals surface area (Å²) in [5.41, 5.74) is 3.25. The molecule has 0 bridgehead atoms. The fraction of sp³-hybridized carbons (Fsp3) is 0.600. The molecule has 0 radical (unpaired) electrons. The molecule has 0 aromatic carbocycles. The number of aliphatic imine (C=N–C) groups is 1. The van der Waals surface area contributed by atoms with Gasteiger partial charge in [0.2, 0.25) is 5.96 Å². The van der Waals surface area contributed by atoms with E-state index in [1.807, 2.05) is 6.92 Å². The molecule has 0 atom stereocenters. The van der Waals surface area contributed by atoms with E-state index in [0.29, 0.717) is 12.5 Å². The molecule has 17 heavy (non-hydrogen) atoms. The summed E-state index contributed by atoms with van der Waals surface area (Å²) in [5, 5.41) is 6.81. The maximum Gasteiger partial charge on any atom is 0.206 e. The number of hydrogen-bond donors (Lipinski definition) is 3. The fourth-order valence-corrected chi connectivity index (χ4v) is 1.16. The van der Waals surface area contributed by atoms with E-state index in [0.717, 1.165) is 31.9 Å². The van der Waals surface area contributed by atoms with Crippen LogP contribution in [0.3, 0.4) is 0 Å². The van der Waals surface area contributed by atoms with Crippen LogP contribution in [0.25, 0.3) is 0 Å². The number of rotatable bonds is 7. The molecule has 96 valence electrons. The maximum absolute atomic E-state index is 5.33. The van der Waals surface area contributed by atoms with Crippen molar-refractivity contribution in [3.63, 3.8) is 0 Å². The van der Waals surface area contributed by atoms with E-state index >= 15 is 0 Å². The van der Waals surface area contributed by atoms with Crippen LogP contribution in [-0.4, -0.2) is 30.9 Å². The van der Waals surface area contributed by atoms with Crippen LogP contribution in [0.1, 0.15) is 19.0 Å². The maximum atomic E-state index is 5.33. The number of nitrogens with one attached hydrogen (secondary N) is 2. The van der Waals surface area contributed by atoms with Gasteiger partial charge in [-0.15, -0.1) is 0 Å². The summed E-state index contributed by atoms with van der Waals surface area (Å²) >= 11 is 0. The van der Waals surface area contributed by atoms with Crippen LogP contribution >= 0.6 is 0 Å². The minimum Gasteiger partial charge on any atom is -0.382 e. The first-order valence-corrected chi connectivity index (χ1v) is 5.58. The van der Waals surface area contributed by atoms with Crippen LogP contribution in [0.15, 0.2) is 21.8 Å². The van der Waals surface area contributed by atoms with Gasteiger partial charge in [-0.1, -0.05) is 5.16 Å². The van der Waals surface area contributed by atoms with Gasteiger partial charge >= 0.3 is 0 Å². The van der Waals surface area contributed by atoms with E-state index in [-0.39, 0.29) is 0 Å². The molecule has 7 heteroatoms. The summed E-state index contributed by atoms with van der Waals surface area (Å²) in [5.74, 6) is 5.87. The smallest absolute Gasteiger partial charge is 0.206 e. The zero-order chi connectivity index (χ0) is 12.3. The van der Waals surface area contributed by atoms with E-state index in [2.05, 4.69) is 20.9 Å². The van der Waals surface area contributed by atoms with Crippen molar-refractivity contribution in [3.05, 3.63) is 18.0 Å². The first-order valence-electron chi connectivity index (χ1n) is 5.58. The summed E-state index contributed by atoms with van der Waals surface area (Å²) in [6.45, 7) is 4.61. The zero-order valence-corrected chi connectivity index (χ0v) is 9.98. The molecule has 0 saturated carbocycles. The number of guanidine groups is 1. The second-order valence-electron chi connectivity index (χ2n) is 3.28. The first-order chi connectivity index (χ1) is 8.36. The van der Waals surface area contributed by atoms with Gasteiger partial charge in [0.25, 0.3) is 0 Å². The lowest BCUT2D eigenvalue weighted by Gasteiger charge is -2.08. The molecule has 0 amide bonds. The average molecular weight is 241 g/mol. The minimum atomic E-state index is 0.425. The van der Waals surface area contributed by atoms with Crippen LogP contribution in [0.4, 0.5) is 0 Å². The Balaban J connectivity index is 2.20. The van der Waals surface area contributed by atoms with E-state index < -0.39 is 0 Å². The normalized spacial score (nSPS) is 11.5. The van der Waals surface area contributed by atoms with Crippen molar-refractivity contribution in [2.24, 2.45) is 10.8 Å². The van der Waals surface area contributed by atoms with Gasteiger partial charge in [0.15, 0.2) is 0 Å². The summed E-state index contributed by atoms with van der Waals surface area (Å²) in [7, 11) is 0. The molecule has 0 aliphatic rings. The molecule has 0 aliphatic heterocycles. The molecule has 0 spiro atoms. The van der Waals surface area contributed by atoms with Gasteiger partial charge < -0.3 is 14.6 Å². The van der Waals surface area contributed by atoms with Gasteiger partial charge in [-0.2, -0.15) is 0 Å². The van der Waals surface area contributed by atoms with Gasteiger partial charge in [0, 0.05) is 25.8 Å². The Morgan fingerprint density at radius 1 is 1.65 bits per heavy atom. The number of nitrogens with two attached hydrogens (primary N) is 1. The van der Waals surface area contributed by atoms with Crippen molar-refractivity contribution in [3.8, 4) is 0 Å². The highest BCUT2D eigenvalue weighted by atomic mass is 16.5. The fourth-order valence-electron chi connectivity index (χ4n) is 1.16. The largest absolute Gasteiger partial charge is 0.382 e. The van der Waals surface area contributed by atoms with Crippen LogP contribution in [0.5, 0.6) is 0 Å². The minimum absolute atomic E-state index is 0.425. The Bertz CT molecular complexity index is 313. The van der Waals surface area contributed by atoms with Gasteiger partial charge in [-0.3, -0.25) is 5.43 Å². The molecule has 0 unspecified atom stereocenters. The van der Waals surface area contributed by atoms with E-state index in [1.54, 1.807) is 6.07 Å². The van der Waals surface area contributed by atoms with Crippen molar-refractivity contribution in [2.75, 3.05) is 19.8 Å². The third-order valence-electron chi connectivity index (χ3n) is 1.99. The number of hydrogen-bond acceptors (Lipinski definition) is 5. The van der Waals surface area contributed by atoms with Crippen molar-refractivity contribution in [1.29, 1.82) is 0 Å². The van der Waals surface area contributed by atoms with Gasteiger partial charge in [-0.05, 0) is 13.3 Å². The highest BCUT2D eigenvalue weighted by molar-refractivity contribution is 5.79. The van der Waals surface area contributed by atoms with Gasteiger partial charge in [0.05, 0.1) is 6.54 Å². The molecular weight excluding hydrogens is 222 g/mol. The molecular formula is C10H19N5O2. The highest BCUT2D eigenvalue weighted by Gasteiger charge is 1.97. The predicted molar refractivity (Wildman–Crippen MR) is 64.1 cm³/mol. The summed E-state index contributed by atoms with van der Waals surface area (Å²) in [6, 6.07) is 1.76. The van der Waals surface area contributed by atoms with E-state index in [1.165, 1.54) is 6.26 Å². The van der Waals surface area contributed by atoms with Crippen molar-refractivity contribution < 1.29 is 9.26 Å². The molecule has 0 saturated heterocycles. The highest BCUT2D eigenvalue weighted by Crippen LogP contribution is 1.95.